The van der Waals surface area contributed by atoms with Crippen molar-refractivity contribution in [2.24, 2.45) is 4.99 Å². The van der Waals surface area contributed by atoms with Gasteiger partial charge in [-0.2, -0.15) is 0 Å². The number of halogens is 1. The molecule has 0 atom stereocenters. The quantitative estimate of drug-likeness (QED) is 0.273. The molecule has 0 spiro atoms. The summed E-state index contributed by atoms with van der Waals surface area (Å²) in [6, 6.07) is 13.7. The fourth-order valence-corrected chi connectivity index (χ4v) is 2.56. The molecule has 3 aromatic rings. The lowest BCUT2D eigenvalue weighted by Crippen LogP contribution is -2.36. The second kappa shape index (κ2) is 12.1. The van der Waals surface area contributed by atoms with Gasteiger partial charge in [-0.05, 0) is 37.6 Å². The molecule has 0 aliphatic rings. The number of aromatic nitrogens is 2. The molecule has 2 N–H and O–H groups in total. The van der Waals surface area contributed by atoms with Crippen LogP contribution >= 0.6 is 24.0 Å². The van der Waals surface area contributed by atoms with Crippen molar-refractivity contribution in [3.05, 3.63) is 66.2 Å². The van der Waals surface area contributed by atoms with Crippen LogP contribution in [0, 0.1) is 0 Å². The van der Waals surface area contributed by atoms with Crippen LogP contribution in [0.25, 0.3) is 11.5 Å². The fraction of sp³-hybridized carbons (Fsp3) is 0.286. The van der Waals surface area contributed by atoms with Gasteiger partial charge in [-0.3, -0.25) is 0 Å². The maximum Gasteiger partial charge on any atom is 0.226 e. The van der Waals surface area contributed by atoms with E-state index in [1.54, 1.807) is 12.5 Å². The molecule has 0 radical (unpaired) electrons. The molecule has 0 fully saturated rings. The second-order valence-electron chi connectivity index (χ2n) is 5.99. The van der Waals surface area contributed by atoms with Gasteiger partial charge in [0.1, 0.15) is 6.26 Å². The minimum atomic E-state index is 0. The summed E-state index contributed by atoms with van der Waals surface area (Å²) in [5.74, 6) is 1.94. The second-order valence-corrected chi connectivity index (χ2v) is 5.99. The van der Waals surface area contributed by atoms with E-state index in [2.05, 4.69) is 25.6 Å². The van der Waals surface area contributed by atoms with Crippen molar-refractivity contribution in [2.75, 3.05) is 13.2 Å². The Kier molecular flexibility index (Phi) is 9.42. The molecule has 2 heterocycles. The van der Waals surface area contributed by atoms with Crippen molar-refractivity contribution in [1.82, 2.24) is 20.6 Å². The van der Waals surface area contributed by atoms with E-state index in [1.165, 1.54) is 0 Å². The first kappa shape index (κ1) is 22.7. The average molecular weight is 507 g/mol. The summed E-state index contributed by atoms with van der Waals surface area (Å²) >= 11 is 0. The van der Waals surface area contributed by atoms with E-state index < -0.39 is 0 Å². The zero-order valence-corrected chi connectivity index (χ0v) is 18.9. The number of ether oxygens (including phenoxy) is 1. The number of nitrogens with one attached hydrogen (secondary N) is 2. The Balaban J connectivity index is 0.00000300. The summed E-state index contributed by atoms with van der Waals surface area (Å²) < 4.78 is 11.0. The summed E-state index contributed by atoms with van der Waals surface area (Å²) in [5.41, 5.74) is 2.80. The first-order valence-corrected chi connectivity index (χ1v) is 9.38. The smallest absolute Gasteiger partial charge is 0.226 e. The first-order valence-electron chi connectivity index (χ1n) is 9.38. The topological polar surface area (TPSA) is 84.6 Å². The number of nitrogens with zero attached hydrogens (tertiary/aromatic N) is 3. The predicted octanol–water partition coefficient (Wildman–Crippen LogP) is 4.01. The third-order valence-corrected chi connectivity index (χ3v) is 3.86. The predicted molar refractivity (Wildman–Crippen MR) is 124 cm³/mol. The Morgan fingerprint density at radius 2 is 1.97 bits per heavy atom. The summed E-state index contributed by atoms with van der Waals surface area (Å²) in [6.07, 6.45) is 3.40. The number of hydrogen-bond acceptors (Lipinski definition) is 5. The summed E-state index contributed by atoms with van der Waals surface area (Å²) in [4.78, 5) is 13.3. The van der Waals surface area contributed by atoms with E-state index in [-0.39, 0.29) is 24.0 Å². The lowest BCUT2D eigenvalue weighted by Gasteiger charge is -2.10. The number of pyridine rings is 1. The van der Waals surface area contributed by atoms with Gasteiger partial charge in [0.15, 0.2) is 5.96 Å². The van der Waals surface area contributed by atoms with Gasteiger partial charge in [-0.15, -0.1) is 24.0 Å². The molecular formula is C21H26IN5O2. The standard InChI is InChI=1S/C21H25N5O2.HI/c1-3-22-21(24-13-16-10-11-23-19(12-16)27-4-2)25-14-18-15-28-20(26-18)17-8-6-5-7-9-17;/h5-12,15H,3-4,13-14H2,1-2H3,(H2,22,24,25);1H. The van der Waals surface area contributed by atoms with Crippen LogP contribution in [0.5, 0.6) is 5.88 Å². The molecular weight excluding hydrogens is 481 g/mol. The van der Waals surface area contributed by atoms with Crippen LogP contribution in [0.15, 0.2) is 64.3 Å². The Morgan fingerprint density at radius 1 is 1.14 bits per heavy atom. The van der Waals surface area contributed by atoms with Crippen LogP contribution < -0.4 is 15.4 Å². The van der Waals surface area contributed by atoms with Crippen molar-refractivity contribution < 1.29 is 9.15 Å². The number of oxazole rings is 1. The van der Waals surface area contributed by atoms with E-state index >= 15 is 0 Å². The molecule has 0 bridgehead atoms. The molecule has 154 valence electrons. The number of hydrogen-bond donors (Lipinski definition) is 2. The lowest BCUT2D eigenvalue weighted by molar-refractivity contribution is 0.326. The molecule has 3 rings (SSSR count). The monoisotopic (exact) mass is 507 g/mol. The molecule has 8 heteroatoms. The van der Waals surface area contributed by atoms with Crippen LogP contribution in [0.3, 0.4) is 0 Å². The van der Waals surface area contributed by atoms with Gasteiger partial charge in [-0.1, -0.05) is 18.2 Å². The van der Waals surface area contributed by atoms with Crippen molar-refractivity contribution in [3.8, 4) is 17.3 Å². The molecule has 2 aromatic heterocycles. The molecule has 7 nitrogen and oxygen atoms in total. The summed E-state index contributed by atoms with van der Waals surface area (Å²) in [6.45, 7) is 6.36. The third-order valence-electron chi connectivity index (χ3n) is 3.86. The maximum absolute atomic E-state index is 5.58. The van der Waals surface area contributed by atoms with E-state index in [4.69, 9.17) is 9.15 Å². The van der Waals surface area contributed by atoms with Crippen molar-refractivity contribution in [2.45, 2.75) is 26.9 Å². The summed E-state index contributed by atoms with van der Waals surface area (Å²) in [5, 5.41) is 6.52. The number of aliphatic imine (C=N–C) groups is 1. The highest BCUT2D eigenvalue weighted by molar-refractivity contribution is 14.0. The van der Waals surface area contributed by atoms with Crippen LogP contribution in [0.2, 0.25) is 0 Å². The molecule has 0 saturated carbocycles. The number of rotatable bonds is 8. The zero-order chi connectivity index (χ0) is 19.6. The van der Waals surface area contributed by atoms with E-state index in [1.807, 2.05) is 56.3 Å². The van der Waals surface area contributed by atoms with Gasteiger partial charge in [0.05, 0.1) is 25.4 Å². The van der Waals surface area contributed by atoms with Crippen LogP contribution in [0.1, 0.15) is 25.1 Å². The van der Waals surface area contributed by atoms with Crippen LogP contribution in [-0.2, 0) is 13.1 Å². The number of benzene rings is 1. The largest absolute Gasteiger partial charge is 0.478 e. The van der Waals surface area contributed by atoms with Gasteiger partial charge >= 0.3 is 0 Å². The summed E-state index contributed by atoms with van der Waals surface area (Å²) in [7, 11) is 0. The minimum absolute atomic E-state index is 0. The van der Waals surface area contributed by atoms with Crippen molar-refractivity contribution in [3.63, 3.8) is 0 Å². The van der Waals surface area contributed by atoms with Gasteiger partial charge in [0, 0.05) is 24.4 Å². The SMILES string of the molecule is CCNC(=NCc1ccnc(OCC)c1)NCc1coc(-c2ccccc2)n1.I. The van der Waals surface area contributed by atoms with Crippen LogP contribution in [0.4, 0.5) is 0 Å². The zero-order valence-electron chi connectivity index (χ0n) is 16.6. The fourth-order valence-electron chi connectivity index (χ4n) is 2.56. The average Bonchev–Trinajstić information content (AvgIpc) is 3.20. The Morgan fingerprint density at radius 3 is 2.72 bits per heavy atom. The molecule has 0 saturated heterocycles. The lowest BCUT2D eigenvalue weighted by atomic mass is 10.2. The molecule has 0 amide bonds. The van der Waals surface area contributed by atoms with Crippen molar-refractivity contribution in [1.29, 1.82) is 0 Å². The highest BCUT2D eigenvalue weighted by atomic mass is 127. The molecule has 1 aromatic carbocycles. The van der Waals surface area contributed by atoms with Crippen molar-refractivity contribution >= 4 is 29.9 Å². The Labute approximate surface area is 188 Å². The molecule has 0 unspecified atom stereocenters. The van der Waals surface area contributed by atoms with Gasteiger partial charge < -0.3 is 19.8 Å². The van der Waals surface area contributed by atoms with E-state index in [9.17, 15) is 0 Å². The number of guanidine groups is 1. The Hall–Kier alpha value is -2.62. The van der Waals surface area contributed by atoms with E-state index in [0.717, 1.165) is 23.4 Å². The van der Waals surface area contributed by atoms with Gasteiger partial charge in [-0.25, -0.2) is 15.0 Å². The minimum Gasteiger partial charge on any atom is -0.478 e. The Bertz CT molecular complexity index is 899. The third kappa shape index (κ3) is 7.04. The van der Waals surface area contributed by atoms with Crippen LogP contribution in [-0.4, -0.2) is 29.1 Å². The molecule has 0 aliphatic heterocycles. The normalized spacial score (nSPS) is 10.9. The van der Waals surface area contributed by atoms with Gasteiger partial charge in [0.2, 0.25) is 11.8 Å². The van der Waals surface area contributed by atoms with Gasteiger partial charge in [0.25, 0.3) is 0 Å². The highest BCUT2D eigenvalue weighted by Gasteiger charge is 2.07. The molecule has 29 heavy (non-hydrogen) atoms. The first-order chi connectivity index (χ1) is 13.8. The highest BCUT2D eigenvalue weighted by Crippen LogP contribution is 2.17. The van der Waals surface area contributed by atoms with E-state index in [0.29, 0.717) is 37.4 Å². The molecule has 0 aliphatic carbocycles. The maximum atomic E-state index is 5.58.